The lowest BCUT2D eigenvalue weighted by Crippen LogP contribution is -2.49. The zero-order valence-electron chi connectivity index (χ0n) is 13.0. The summed E-state index contributed by atoms with van der Waals surface area (Å²) in [6.07, 6.45) is 7.04. The molecule has 0 saturated carbocycles. The number of aliphatic hydroxyl groups excluding tert-OH is 1. The van der Waals surface area contributed by atoms with Crippen LogP contribution in [0.2, 0.25) is 0 Å². The predicted octanol–water partition coefficient (Wildman–Crippen LogP) is 3.54. The van der Waals surface area contributed by atoms with Gasteiger partial charge in [-0.1, -0.05) is 39.5 Å². The van der Waals surface area contributed by atoms with Crippen LogP contribution in [0.4, 0.5) is 0 Å². The van der Waals surface area contributed by atoms with E-state index in [0.717, 1.165) is 25.7 Å². The molecule has 0 aromatic carbocycles. The summed E-state index contributed by atoms with van der Waals surface area (Å²) in [5.41, 5.74) is -0.355. The Balaban J connectivity index is 2.57. The highest BCUT2D eigenvalue weighted by Gasteiger charge is 2.40. The van der Waals surface area contributed by atoms with Gasteiger partial charge in [0.15, 0.2) is 0 Å². The van der Waals surface area contributed by atoms with Gasteiger partial charge < -0.3 is 14.6 Å². The van der Waals surface area contributed by atoms with Crippen LogP contribution in [-0.2, 0) is 9.47 Å². The molecule has 0 aromatic rings. The maximum Gasteiger partial charge on any atom is 0.0983 e. The molecule has 1 rings (SSSR count). The molecule has 3 nitrogen and oxygen atoms in total. The van der Waals surface area contributed by atoms with Gasteiger partial charge in [0.1, 0.15) is 0 Å². The fourth-order valence-electron chi connectivity index (χ4n) is 3.09. The van der Waals surface area contributed by atoms with E-state index in [1.165, 1.54) is 19.3 Å². The third kappa shape index (κ3) is 5.05. The molecule has 0 aromatic heterocycles. The first-order valence-corrected chi connectivity index (χ1v) is 8.08. The molecule has 2 unspecified atom stereocenters. The molecule has 1 fully saturated rings. The Morgan fingerprint density at radius 2 is 1.89 bits per heavy atom. The lowest BCUT2D eigenvalue weighted by molar-refractivity contribution is -0.170. The standard InChI is InChI=1S/C16H32O3/c1-4-7-8-14(5-2)13-15(17)16(19-6-3)9-11-18-12-10-16/h14-15,17H,4-13H2,1-3H3. The van der Waals surface area contributed by atoms with Crippen LogP contribution in [0.25, 0.3) is 0 Å². The summed E-state index contributed by atoms with van der Waals surface area (Å²) in [6, 6.07) is 0. The van der Waals surface area contributed by atoms with E-state index in [-0.39, 0.29) is 11.7 Å². The summed E-state index contributed by atoms with van der Waals surface area (Å²) in [7, 11) is 0. The van der Waals surface area contributed by atoms with Gasteiger partial charge in [-0.25, -0.2) is 0 Å². The van der Waals surface area contributed by atoms with Crippen LogP contribution >= 0.6 is 0 Å². The van der Waals surface area contributed by atoms with Crippen molar-refractivity contribution >= 4 is 0 Å². The number of hydrogen-bond acceptors (Lipinski definition) is 3. The second-order valence-corrected chi connectivity index (χ2v) is 5.78. The molecular formula is C16H32O3. The first kappa shape index (κ1) is 16.9. The average molecular weight is 272 g/mol. The molecule has 0 radical (unpaired) electrons. The molecule has 114 valence electrons. The number of ether oxygens (including phenoxy) is 2. The molecule has 0 spiro atoms. The van der Waals surface area contributed by atoms with Crippen LogP contribution in [0.3, 0.4) is 0 Å². The van der Waals surface area contributed by atoms with Gasteiger partial charge in [0.2, 0.25) is 0 Å². The minimum Gasteiger partial charge on any atom is -0.390 e. The van der Waals surface area contributed by atoms with Crippen molar-refractivity contribution in [1.29, 1.82) is 0 Å². The van der Waals surface area contributed by atoms with E-state index in [9.17, 15) is 5.11 Å². The fourth-order valence-corrected chi connectivity index (χ4v) is 3.09. The molecule has 1 heterocycles. The van der Waals surface area contributed by atoms with Crippen molar-refractivity contribution in [2.75, 3.05) is 19.8 Å². The Kier molecular flexibility index (Phi) is 7.96. The van der Waals surface area contributed by atoms with Crippen molar-refractivity contribution in [3.63, 3.8) is 0 Å². The second kappa shape index (κ2) is 8.93. The lowest BCUT2D eigenvalue weighted by Gasteiger charge is -2.41. The third-order valence-corrected chi connectivity index (χ3v) is 4.48. The van der Waals surface area contributed by atoms with E-state index in [4.69, 9.17) is 9.47 Å². The Morgan fingerprint density at radius 3 is 2.42 bits per heavy atom. The van der Waals surface area contributed by atoms with E-state index in [0.29, 0.717) is 25.7 Å². The molecule has 3 heteroatoms. The van der Waals surface area contributed by atoms with Crippen LogP contribution in [0, 0.1) is 5.92 Å². The van der Waals surface area contributed by atoms with Crippen molar-refractivity contribution in [3.8, 4) is 0 Å². The van der Waals surface area contributed by atoms with Crippen LogP contribution in [0.15, 0.2) is 0 Å². The number of hydrogen-bond donors (Lipinski definition) is 1. The summed E-state index contributed by atoms with van der Waals surface area (Å²) in [4.78, 5) is 0. The van der Waals surface area contributed by atoms with Crippen molar-refractivity contribution in [3.05, 3.63) is 0 Å². The monoisotopic (exact) mass is 272 g/mol. The van der Waals surface area contributed by atoms with E-state index in [1.54, 1.807) is 0 Å². The minimum atomic E-state index is -0.355. The van der Waals surface area contributed by atoms with Gasteiger partial charge >= 0.3 is 0 Å². The quantitative estimate of drug-likeness (QED) is 0.697. The summed E-state index contributed by atoms with van der Waals surface area (Å²) in [6.45, 7) is 8.56. The Labute approximate surface area is 118 Å². The van der Waals surface area contributed by atoms with Gasteiger partial charge in [-0.3, -0.25) is 0 Å². The summed E-state index contributed by atoms with van der Waals surface area (Å²) in [5.74, 6) is 0.620. The molecule has 1 saturated heterocycles. The summed E-state index contributed by atoms with van der Waals surface area (Å²) in [5, 5.41) is 10.7. The Morgan fingerprint density at radius 1 is 1.21 bits per heavy atom. The zero-order valence-corrected chi connectivity index (χ0v) is 13.0. The SMILES string of the molecule is CCCCC(CC)CC(O)C1(OCC)CCOCC1. The maximum absolute atomic E-state index is 10.7. The van der Waals surface area contributed by atoms with Crippen LogP contribution < -0.4 is 0 Å². The number of rotatable bonds is 9. The summed E-state index contributed by atoms with van der Waals surface area (Å²) < 4.78 is 11.4. The first-order chi connectivity index (χ1) is 9.18. The Hall–Kier alpha value is -0.120. The first-order valence-electron chi connectivity index (χ1n) is 8.08. The van der Waals surface area contributed by atoms with Crippen LogP contribution in [-0.4, -0.2) is 36.6 Å². The number of aliphatic hydroxyl groups is 1. The van der Waals surface area contributed by atoms with Gasteiger partial charge in [-0.2, -0.15) is 0 Å². The van der Waals surface area contributed by atoms with Crippen molar-refractivity contribution in [2.45, 2.75) is 77.4 Å². The topological polar surface area (TPSA) is 38.7 Å². The zero-order chi connectivity index (χ0) is 14.1. The molecule has 0 aliphatic carbocycles. The number of unbranched alkanes of at least 4 members (excludes halogenated alkanes) is 1. The van der Waals surface area contributed by atoms with Gasteiger partial charge in [0.05, 0.1) is 11.7 Å². The van der Waals surface area contributed by atoms with Gasteiger partial charge in [0, 0.05) is 32.7 Å². The maximum atomic E-state index is 10.7. The fraction of sp³-hybridized carbons (Fsp3) is 1.00. The molecule has 1 aliphatic heterocycles. The highest BCUT2D eigenvalue weighted by molar-refractivity contribution is 4.91. The van der Waals surface area contributed by atoms with Crippen LogP contribution in [0.5, 0.6) is 0 Å². The van der Waals surface area contributed by atoms with Gasteiger partial charge in [-0.05, 0) is 19.3 Å². The minimum absolute atomic E-state index is 0.349. The van der Waals surface area contributed by atoms with E-state index >= 15 is 0 Å². The normalized spacial score (nSPS) is 22.1. The van der Waals surface area contributed by atoms with E-state index < -0.39 is 0 Å². The molecule has 0 bridgehead atoms. The van der Waals surface area contributed by atoms with Gasteiger partial charge in [-0.15, -0.1) is 0 Å². The average Bonchev–Trinajstić information content (AvgIpc) is 2.44. The molecular weight excluding hydrogens is 240 g/mol. The highest BCUT2D eigenvalue weighted by Crippen LogP contribution is 2.33. The molecule has 0 amide bonds. The van der Waals surface area contributed by atoms with E-state index in [2.05, 4.69) is 13.8 Å². The smallest absolute Gasteiger partial charge is 0.0983 e. The van der Waals surface area contributed by atoms with Crippen molar-refractivity contribution in [2.24, 2.45) is 5.92 Å². The van der Waals surface area contributed by atoms with E-state index in [1.807, 2.05) is 6.92 Å². The highest BCUT2D eigenvalue weighted by atomic mass is 16.5. The third-order valence-electron chi connectivity index (χ3n) is 4.48. The van der Waals surface area contributed by atoms with Crippen molar-refractivity contribution < 1.29 is 14.6 Å². The summed E-state index contributed by atoms with van der Waals surface area (Å²) >= 11 is 0. The largest absolute Gasteiger partial charge is 0.390 e. The lowest BCUT2D eigenvalue weighted by atomic mass is 9.81. The molecule has 1 N–H and O–H groups in total. The molecule has 19 heavy (non-hydrogen) atoms. The van der Waals surface area contributed by atoms with Crippen molar-refractivity contribution in [1.82, 2.24) is 0 Å². The second-order valence-electron chi connectivity index (χ2n) is 5.78. The van der Waals surface area contributed by atoms with Gasteiger partial charge in [0.25, 0.3) is 0 Å². The molecule has 1 aliphatic rings. The Bertz CT molecular complexity index is 219. The molecule has 2 atom stereocenters. The van der Waals surface area contributed by atoms with Crippen LogP contribution in [0.1, 0.15) is 65.7 Å². The predicted molar refractivity (Wildman–Crippen MR) is 78.3 cm³/mol.